The minimum Gasteiger partial charge on any atom is -0.383 e. The standard InChI is InChI=1S/C17H26N4O2.HI/c1-13(12-23-2)20-17(18)19-10-14-5-3-6-15(9-14)11-21-8-4-7-16(21)22;/h3,5-6,9,13H,4,7-8,10-12H2,1-2H3,(H3,18,19,20);1H. The van der Waals surface area contributed by atoms with E-state index in [1.54, 1.807) is 7.11 Å². The van der Waals surface area contributed by atoms with Gasteiger partial charge in [0.05, 0.1) is 13.2 Å². The number of guanidine groups is 1. The molecule has 0 aliphatic carbocycles. The van der Waals surface area contributed by atoms with E-state index in [1.807, 2.05) is 30.0 Å². The van der Waals surface area contributed by atoms with E-state index in [4.69, 9.17) is 10.5 Å². The van der Waals surface area contributed by atoms with Gasteiger partial charge in [0, 0.05) is 32.7 Å². The van der Waals surface area contributed by atoms with Crippen molar-refractivity contribution in [3.8, 4) is 0 Å². The van der Waals surface area contributed by atoms with E-state index in [0.717, 1.165) is 24.1 Å². The van der Waals surface area contributed by atoms with Crippen LogP contribution in [0, 0.1) is 0 Å². The fourth-order valence-corrected chi connectivity index (χ4v) is 2.68. The van der Waals surface area contributed by atoms with Crippen LogP contribution in [0.3, 0.4) is 0 Å². The molecule has 1 heterocycles. The lowest BCUT2D eigenvalue weighted by atomic mass is 10.1. The number of halogens is 1. The highest BCUT2D eigenvalue weighted by molar-refractivity contribution is 14.0. The molecule has 0 bridgehead atoms. The molecule has 0 radical (unpaired) electrons. The predicted molar refractivity (Wildman–Crippen MR) is 106 cm³/mol. The second kappa shape index (κ2) is 10.5. The summed E-state index contributed by atoms with van der Waals surface area (Å²) in [6.07, 6.45) is 1.64. The molecule has 1 saturated heterocycles. The third kappa shape index (κ3) is 6.64. The molecule has 1 amide bonds. The van der Waals surface area contributed by atoms with Crippen LogP contribution in [-0.2, 0) is 22.6 Å². The zero-order chi connectivity index (χ0) is 16.7. The van der Waals surface area contributed by atoms with E-state index in [1.165, 1.54) is 0 Å². The fraction of sp³-hybridized carbons (Fsp3) is 0.529. The highest BCUT2D eigenvalue weighted by atomic mass is 127. The quantitative estimate of drug-likeness (QED) is 0.381. The summed E-state index contributed by atoms with van der Waals surface area (Å²) in [7, 11) is 1.65. The van der Waals surface area contributed by atoms with Gasteiger partial charge in [0.25, 0.3) is 0 Å². The molecule has 24 heavy (non-hydrogen) atoms. The second-order valence-electron chi connectivity index (χ2n) is 5.94. The molecule has 1 aromatic carbocycles. The number of carbonyl (C=O) groups is 1. The van der Waals surface area contributed by atoms with Crippen LogP contribution in [0.25, 0.3) is 0 Å². The number of benzene rings is 1. The average molecular weight is 446 g/mol. The van der Waals surface area contributed by atoms with Crippen molar-refractivity contribution in [3.63, 3.8) is 0 Å². The fourth-order valence-electron chi connectivity index (χ4n) is 2.68. The summed E-state index contributed by atoms with van der Waals surface area (Å²) in [4.78, 5) is 18.0. The molecule has 1 aliphatic heterocycles. The Morgan fingerprint density at radius 3 is 2.88 bits per heavy atom. The molecule has 1 aromatic rings. The summed E-state index contributed by atoms with van der Waals surface area (Å²) in [5.41, 5.74) is 8.08. The van der Waals surface area contributed by atoms with Crippen molar-refractivity contribution >= 4 is 35.8 Å². The van der Waals surface area contributed by atoms with Crippen molar-refractivity contribution in [2.24, 2.45) is 10.7 Å². The van der Waals surface area contributed by atoms with E-state index in [0.29, 0.717) is 32.1 Å². The smallest absolute Gasteiger partial charge is 0.222 e. The molecule has 2 rings (SSSR count). The normalized spacial score (nSPS) is 16.0. The van der Waals surface area contributed by atoms with Gasteiger partial charge in [-0.05, 0) is 24.5 Å². The molecule has 1 unspecified atom stereocenters. The van der Waals surface area contributed by atoms with E-state index in [-0.39, 0.29) is 35.9 Å². The maximum absolute atomic E-state index is 11.7. The first kappa shape index (κ1) is 20.7. The van der Waals surface area contributed by atoms with Gasteiger partial charge in [0.2, 0.25) is 5.91 Å². The first-order valence-corrected chi connectivity index (χ1v) is 7.99. The number of amides is 1. The Hall–Kier alpha value is -1.35. The molecule has 6 nitrogen and oxygen atoms in total. The second-order valence-corrected chi connectivity index (χ2v) is 5.94. The van der Waals surface area contributed by atoms with Crippen molar-refractivity contribution < 1.29 is 9.53 Å². The van der Waals surface area contributed by atoms with Crippen LogP contribution in [0.2, 0.25) is 0 Å². The van der Waals surface area contributed by atoms with Crippen LogP contribution in [0.15, 0.2) is 29.3 Å². The Morgan fingerprint density at radius 1 is 1.46 bits per heavy atom. The van der Waals surface area contributed by atoms with E-state index in [9.17, 15) is 4.79 Å². The highest BCUT2D eigenvalue weighted by Gasteiger charge is 2.19. The van der Waals surface area contributed by atoms with Gasteiger partial charge in [-0.15, -0.1) is 24.0 Å². The Balaban J connectivity index is 0.00000288. The molecule has 0 saturated carbocycles. The van der Waals surface area contributed by atoms with Gasteiger partial charge in [-0.3, -0.25) is 4.79 Å². The van der Waals surface area contributed by atoms with Crippen molar-refractivity contribution in [1.29, 1.82) is 0 Å². The monoisotopic (exact) mass is 446 g/mol. The summed E-state index contributed by atoms with van der Waals surface area (Å²) in [6.45, 7) is 4.61. The number of aliphatic imine (C=N–C) groups is 1. The van der Waals surface area contributed by atoms with Gasteiger partial charge in [0.15, 0.2) is 5.96 Å². The lowest BCUT2D eigenvalue weighted by Gasteiger charge is -2.16. The first-order valence-electron chi connectivity index (χ1n) is 7.99. The zero-order valence-corrected chi connectivity index (χ0v) is 16.7. The zero-order valence-electron chi connectivity index (χ0n) is 14.3. The number of carbonyl (C=O) groups excluding carboxylic acids is 1. The maximum Gasteiger partial charge on any atom is 0.222 e. The number of likely N-dealkylation sites (tertiary alicyclic amines) is 1. The minimum absolute atomic E-state index is 0. The molecule has 7 heteroatoms. The van der Waals surface area contributed by atoms with Crippen LogP contribution in [0.4, 0.5) is 0 Å². The number of nitrogens with two attached hydrogens (primary N) is 1. The van der Waals surface area contributed by atoms with Crippen molar-refractivity contribution in [3.05, 3.63) is 35.4 Å². The van der Waals surface area contributed by atoms with Crippen molar-refractivity contribution in [2.45, 2.75) is 38.9 Å². The van der Waals surface area contributed by atoms with Gasteiger partial charge >= 0.3 is 0 Å². The number of hydrogen-bond acceptors (Lipinski definition) is 3. The Kier molecular flexibility index (Phi) is 9.05. The van der Waals surface area contributed by atoms with Gasteiger partial charge in [-0.1, -0.05) is 24.3 Å². The Morgan fingerprint density at radius 2 is 2.21 bits per heavy atom. The van der Waals surface area contributed by atoms with Crippen molar-refractivity contribution in [1.82, 2.24) is 10.2 Å². The summed E-state index contributed by atoms with van der Waals surface area (Å²) in [5, 5.41) is 3.08. The van der Waals surface area contributed by atoms with Crippen LogP contribution in [-0.4, -0.2) is 43.1 Å². The van der Waals surface area contributed by atoms with Crippen LogP contribution < -0.4 is 11.1 Å². The molecule has 134 valence electrons. The van der Waals surface area contributed by atoms with Gasteiger partial charge < -0.3 is 20.7 Å². The molecular weight excluding hydrogens is 419 g/mol. The number of ether oxygens (including phenoxy) is 1. The molecule has 0 spiro atoms. The van der Waals surface area contributed by atoms with E-state index in [2.05, 4.69) is 16.4 Å². The van der Waals surface area contributed by atoms with Crippen LogP contribution in [0.5, 0.6) is 0 Å². The molecule has 1 aliphatic rings. The van der Waals surface area contributed by atoms with Gasteiger partial charge in [-0.2, -0.15) is 0 Å². The number of methoxy groups -OCH3 is 1. The molecule has 0 aromatic heterocycles. The highest BCUT2D eigenvalue weighted by Crippen LogP contribution is 2.15. The number of rotatable bonds is 7. The average Bonchev–Trinajstić information content (AvgIpc) is 2.91. The summed E-state index contributed by atoms with van der Waals surface area (Å²) in [5.74, 6) is 0.656. The first-order chi connectivity index (χ1) is 11.1. The van der Waals surface area contributed by atoms with Crippen molar-refractivity contribution in [2.75, 3.05) is 20.3 Å². The number of nitrogens with zero attached hydrogens (tertiary/aromatic N) is 2. The molecular formula is C17H27IN4O2. The predicted octanol–water partition coefficient (Wildman–Crippen LogP) is 1.87. The minimum atomic E-state index is 0. The van der Waals surface area contributed by atoms with Crippen LogP contribution in [0.1, 0.15) is 30.9 Å². The molecule has 1 atom stereocenters. The summed E-state index contributed by atoms with van der Waals surface area (Å²) >= 11 is 0. The third-order valence-corrected chi connectivity index (χ3v) is 3.78. The summed E-state index contributed by atoms with van der Waals surface area (Å²) < 4.78 is 5.05. The summed E-state index contributed by atoms with van der Waals surface area (Å²) in [6, 6.07) is 8.27. The van der Waals surface area contributed by atoms with Crippen LogP contribution >= 0.6 is 24.0 Å². The van der Waals surface area contributed by atoms with Gasteiger partial charge in [0.1, 0.15) is 0 Å². The topological polar surface area (TPSA) is 80.0 Å². The number of nitrogens with one attached hydrogen (secondary N) is 1. The Labute approximate surface area is 160 Å². The lowest BCUT2D eigenvalue weighted by Crippen LogP contribution is -2.40. The van der Waals surface area contributed by atoms with E-state index < -0.39 is 0 Å². The molecule has 1 fully saturated rings. The SMILES string of the molecule is COCC(C)NC(N)=NCc1cccc(CN2CCCC2=O)c1.I. The third-order valence-electron chi connectivity index (χ3n) is 3.78. The number of hydrogen-bond donors (Lipinski definition) is 2. The Bertz CT molecular complexity index is 565. The largest absolute Gasteiger partial charge is 0.383 e. The lowest BCUT2D eigenvalue weighted by molar-refractivity contribution is -0.128. The molecule has 3 N–H and O–H groups in total. The van der Waals surface area contributed by atoms with Gasteiger partial charge in [-0.25, -0.2) is 4.99 Å². The maximum atomic E-state index is 11.7. The van der Waals surface area contributed by atoms with E-state index >= 15 is 0 Å².